The number of rotatable bonds is 6. The summed E-state index contributed by atoms with van der Waals surface area (Å²) < 4.78 is 42.8. The molecule has 0 saturated heterocycles. The normalized spacial score (nSPS) is 13.3. The number of carbonyl (C=O) groups excluding carboxylic acids is 1. The number of aromatic nitrogens is 2. The molecule has 1 rings (SSSR count). The number of nitrogens with zero attached hydrogens (tertiary/aromatic N) is 2. The van der Waals surface area contributed by atoms with Gasteiger partial charge >= 0.3 is 12.1 Å². The van der Waals surface area contributed by atoms with E-state index in [1.165, 1.54) is 13.3 Å². The fourth-order valence-electron chi connectivity index (χ4n) is 1.48. The third kappa shape index (κ3) is 4.55. The highest BCUT2D eigenvalue weighted by Crippen LogP contribution is 2.27. The highest BCUT2D eigenvalue weighted by molar-refractivity contribution is 5.75. The molecule has 0 aromatic carbocycles. The molecule has 0 aliphatic rings. The molecule has 0 amide bonds. The Bertz CT molecular complexity index is 418. The first kappa shape index (κ1) is 15.5. The maximum atomic E-state index is 12.4. The zero-order valence-corrected chi connectivity index (χ0v) is 10.7. The Labute approximate surface area is 108 Å². The van der Waals surface area contributed by atoms with Crippen molar-refractivity contribution in [1.29, 1.82) is 0 Å². The molecule has 0 aliphatic carbocycles. The fraction of sp³-hybridized carbons (Fsp3) is 0.636. The Morgan fingerprint density at radius 1 is 1.58 bits per heavy atom. The average Bonchev–Trinajstić information content (AvgIpc) is 2.81. The molecule has 0 spiro atoms. The zero-order valence-electron chi connectivity index (χ0n) is 10.7. The summed E-state index contributed by atoms with van der Waals surface area (Å²) in [7, 11) is 1.23. The minimum Gasteiger partial charge on any atom is -0.468 e. The fourth-order valence-corrected chi connectivity index (χ4v) is 1.48. The second kappa shape index (κ2) is 6.55. The summed E-state index contributed by atoms with van der Waals surface area (Å²) in [6, 6.07) is 0.152. The van der Waals surface area contributed by atoms with Crippen LogP contribution in [-0.4, -0.2) is 35.4 Å². The summed E-state index contributed by atoms with van der Waals surface area (Å²) in [4.78, 5) is 11.5. The Hall–Kier alpha value is -1.57. The molecular weight excluding hydrogens is 263 g/mol. The number of alkyl halides is 3. The van der Waals surface area contributed by atoms with Crippen LogP contribution >= 0.6 is 0 Å². The summed E-state index contributed by atoms with van der Waals surface area (Å²) in [6.45, 7) is 2.47. The lowest BCUT2D eigenvalue weighted by atomic mass is 10.3. The van der Waals surface area contributed by atoms with Crippen molar-refractivity contribution in [1.82, 2.24) is 15.1 Å². The molecule has 0 radical (unpaired) electrons. The molecular formula is C11H16F3N3O2. The van der Waals surface area contributed by atoms with Crippen LogP contribution in [0.5, 0.6) is 0 Å². The lowest BCUT2D eigenvalue weighted by Gasteiger charge is -2.16. The third-order valence-electron chi connectivity index (χ3n) is 2.43. The van der Waals surface area contributed by atoms with Crippen LogP contribution in [0, 0.1) is 0 Å². The molecule has 0 aliphatic heterocycles. The van der Waals surface area contributed by atoms with Gasteiger partial charge < -0.3 is 10.1 Å². The van der Waals surface area contributed by atoms with E-state index in [9.17, 15) is 18.0 Å². The van der Waals surface area contributed by atoms with Crippen LogP contribution in [0.25, 0.3) is 0 Å². The summed E-state index contributed by atoms with van der Waals surface area (Å²) in [5.41, 5.74) is -0.980. The van der Waals surface area contributed by atoms with Crippen molar-refractivity contribution in [2.75, 3.05) is 13.7 Å². The number of carbonyl (C=O) groups is 1. The molecule has 5 nitrogen and oxygen atoms in total. The number of hydrogen-bond acceptors (Lipinski definition) is 4. The molecule has 1 aromatic heterocycles. The average molecular weight is 279 g/mol. The summed E-state index contributed by atoms with van der Waals surface area (Å²) in [5.74, 6) is -0.530. The van der Waals surface area contributed by atoms with Crippen LogP contribution in [0.3, 0.4) is 0 Å². The van der Waals surface area contributed by atoms with E-state index < -0.39 is 23.9 Å². The SMILES string of the molecule is CCCNC(Cn1ccc(C(F)(F)F)n1)C(=O)OC. The predicted octanol–water partition coefficient (Wildman–Crippen LogP) is 1.44. The summed E-state index contributed by atoms with van der Waals surface area (Å²) in [6.07, 6.45) is -2.50. The van der Waals surface area contributed by atoms with E-state index in [0.29, 0.717) is 6.54 Å². The van der Waals surface area contributed by atoms with E-state index in [1.54, 1.807) is 0 Å². The molecule has 1 atom stereocenters. The van der Waals surface area contributed by atoms with Gasteiger partial charge in [0, 0.05) is 6.20 Å². The molecule has 0 fully saturated rings. The first-order valence-corrected chi connectivity index (χ1v) is 5.80. The lowest BCUT2D eigenvalue weighted by molar-refractivity contribution is -0.143. The number of methoxy groups -OCH3 is 1. The standard InChI is InChI=1S/C11H16F3N3O2/c1-3-5-15-8(10(18)19-2)7-17-6-4-9(16-17)11(12,13)14/h4,6,8,15H,3,5,7H2,1-2H3. The van der Waals surface area contributed by atoms with Gasteiger partial charge in [-0.15, -0.1) is 0 Å². The third-order valence-corrected chi connectivity index (χ3v) is 2.43. The minimum absolute atomic E-state index is 0.0112. The Morgan fingerprint density at radius 3 is 2.74 bits per heavy atom. The Balaban J connectivity index is 2.73. The van der Waals surface area contributed by atoms with Crippen LogP contribution in [0.15, 0.2) is 12.3 Å². The second-order valence-electron chi connectivity index (χ2n) is 3.95. The van der Waals surface area contributed by atoms with E-state index in [4.69, 9.17) is 0 Å². The van der Waals surface area contributed by atoms with Gasteiger partial charge in [0.15, 0.2) is 5.69 Å². The van der Waals surface area contributed by atoms with Crippen LogP contribution in [0.4, 0.5) is 13.2 Å². The van der Waals surface area contributed by atoms with Gasteiger partial charge in [0.05, 0.1) is 13.7 Å². The second-order valence-corrected chi connectivity index (χ2v) is 3.95. The number of nitrogens with one attached hydrogen (secondary N) is 1. The molecule has 19 heavy (non-hydrogen) atoms. The molecule has 1 aromatic rings. The van der Waals surface area contributed by atoms with Crippen LogP contribution < -0.4 is 5.32 Å². The van der Waals surface area contributed by atoms with Gasteiger partial charge in [0.2, 0.25) is 0 Å². The van der Waals surface area contributed by atoms with E-state index in [0.717, 1.165) is 17.2 Å². The van der Waals surface area contributed by atoms with Gasteiger partial charge in [-0.1, -0.05) is 6.92 Å². The smallest absolute Gasteiger partial charge is 0.435 e. The zero-order chi connectivity index (χ0) is 14.5. The van der Waals surface area contributed by atoms with Gasteiger partial charge in [-0.3, -0.25) is 9.48 Å². The first-order valence-electron chi connectivity index (χ1n) is 5.80. The number of halogens is 3. The molecule has 1 unspecified atom stereocenters. The molecule has 8 heteroatoms. The highest BCUT2D eigenvalue weighted by Gasteiger charge is 2.33. The predicted molar refractivity (Wildman–Crippen MR) is 61.3 cm³/mol. The largest absolute Gasteiger partial charge is 0.468 e. The number of hydrogen-bond donors (Lipinski definition) is 1. The molecule has 1 N–H and O–H groups in total. The summed E-state index contributed by atoms with van der Waals surface area (Å²) in [5, 5.41) is 6.29. The summed E-state index contributed by atoms with van der Waals surface area (Å²) >= 11 is 0. The van der Waals surface area contributed by atoms with Crippen molar-refractivity contribution in [2.45, 2.75) is 32.1 Å². The van der Waals surface area contributed by atoms with Gasteiger partial charge in [-0.05, 0) is 19.0 Å². The highest BCUT2D eigenvalue weighted by atomic mass is 19.4. The van der Waals surface area contributed by atoms with Gasteiger partial charge in [0.25, 0.3) is 0 Å². The molecule has 1 heterocycles. The Morgan fingerprint density at radius 2 is 2.26 bits per heavy atom. The van der Waals surface area contributed by atoms with Gasteiger partial charge in [0.1, 0.15) is 6.04 Å². The quantitative estimate of drug-likeness (QED) is 0.801. The molecule has 0 saturated carbocycles. The van der Waals surface area contributed by atoms with Crippen molar-refractivity contribution in [2.24, 2.45) is 0 Å². The number of ether oxygens (including phenoxy) is 1. The van der Waals surface area contributed by atoms with Crippen LogP contribution in [0.2, 0.25) is 0 Å². The van der Waals surface area contributed by atoms with E-state index in [-0.39, 0.29) is 6.54 Å². The maximum absolute atomic E-state index is 12.4. The van der Waals surface area contributed by atoms with Crippen molar-refractivity contribution >= 4 is 5.97 Å². The van der Waals surface area contributed by atoms with Crippen LogP contribution in [0.1, 0.15) is 19.0 Å². The van der Waals surface area contributed by atoms with E-state index >= 15 is 0 Å². The first-order chi connectivity index (χ1) is 8.88. The van der Waals surface area contributed by atoms with Crippen molar-refractivity contribution in [3.8, 4) is 0 Å². The lowest BCUT2D eigenvalue weighted by Crippen LogP contribution is -2.41. The van der Waals surface area contributed by atoms with E-state index in [2.05, 4.69) is 15.2 Å². The monoisotopic (exact) mass is 279 g/mol. The minimum atomic E-state index is -4.48. The topological polar surface area (TPSA) is 56.2 Å². The van der Waals surface area contributed by atoms with Gasteiger partial charge in [-0.2, -0.15) is 18.3 Å². The van der Waals surface area contributed by atoms with Crippen LogP contribution in [-0.2, 0) is 22.3 Å². The molecule has 0 bridgehead atoms. The molecule has 108 valence electrons. The maximum Gasteiger partial charge on any atom is 0.435 e. The van der Waals surface area contributed by atoms with Crippen molar-refractivity contribution in [3.05, 3.63) is 18.0 Å². The van der Waals surface area contributed by atoms with E-state index in [1.807, 2.05) is 6.92 Å². The Kier molecular flexibility index (Phi) is 5.34. The number of esters is 1. The van der Waals surface area contributed by atoms with Gasteiger partial charge in [-0.25, -0.2) is 0 Å². The van der Waals surface area contributed by atoms with Crippen molar-refractivity contribution < 1.29 is 22.7 Å². The van der Waals surface area contributed by atoms with Crippen molar-refractivity contribution in [3.63, 3.8) is 0 Å².